The molecule has 1 N–H and O–H groups in total. The average molecular weight is 157 g/mol. The summed E-state index contributed by atoms with van der Waals surface area (Å²) in [6.45, 7) is 5.41. The Bertz CT molecular complexity index is 127. The van der Waals surface area contributed by atoms with Crippen molar-refractivity contribution < 1.29 is 9.53 Å². The molecular formula is C8H15NO2. The lowest BCUT2D eigenvalue weighted by molar-refractivity contribution is -0.130. The van der Waals surface area contributed by atoms with Gasteiger partial charge in [-0.2, -0.15) is 0 Å². The summed E-state index contributed by atoms with van der Waals surface area (Å²) in [6.07, 6.45) is 1.12. The molecule has 2 unspecified atom stereocenters. The molecule has 3 nitrogen and oxygen atoms in total. The first-order chi connectivity index (χ1) is 5.34. The highest BCUT2D eigenvalue weighted by Crippen LogP contribution is 2.18. The lowest BCUT2D eigenvalue weighted by Gasteiger charge is -2.28. The van der Waals surface area contributed by atoms with Crippen LogP contribution in [-0.4, -0.2) is 26.2 Å². The molecule has 1 saturated heterocycles. The second-order valence-corrected chi connectivity index (χ2v) is 3.16. The van der Waals surface area contributed by atoms with Crippen LogP contribution < -0.4 is 5.32 Å². The number of rotatable bonds is 3. The van der Waals surface area contributed by atoms with Gasteiger partial charge >= 0.3 is 0 Å². The molecule has 1 aliphatic heterocycles. The van der Waals surface area contributed by atoms with Gasteiger partial charge in [-0.1, -0.05) is 6.92 Å². The van der Waals surface area contributed by atoms with Gasteiger partial charge < -0.3 is 10.1 Å². The molecule has 0 aromatic rings. The summed E-state index contributed by atoms with van der Waals surface area (Å²) >= 11 is 0. The molecule has 0 aliphatic carbocycles. The van der Waals surface area contributed by atoms with Gasteiger partial charge in [-0.3, -0.25) is 4.79 Å². The van der Waals surface area contributed by atoms with E-state index in [9.17, 15) is 4.79 Å². The van der Waals surface area contributed by atoms with Crippen molar-refractivity contribution in [2.24, 2.45) is 11.8 Å². The van der Waals surface area contributed by atoms with Gasteiger partial charge in [-0.05, 0) is 31.3 Å². The molecule has 0 radical (unpaired) electrons. The molecule has 3 heteroatoms. The van der Waals surface area contributed by atoms with Crippen LogP contribution in [0.25, 0.3) is 0 Å². The summed E-state index contributed by atoms with van der Waals surface area (Å²) in [4.78, 5) is 9.92. The first kappa shape index (κ1) is 8.53. The van der Waals surface area contributed by atoms with Gasteiger partial charge in [-0.15, -0.1) is 0 Å². The lowest BCUT2D eigenvalue weighted by atomic mass is 9.89. The van der Waals surface area contributed by atoms with Crippen molar-refractivity contribution in [2.75, 3.05) is 19.7 Å². The number of piperidine rings is 1. The highest BCUT2D eigenvalue weighted by atomic mass is 16.5. The SMILES string of the molecule is CC1CNCCC1COC=O. The Kier molecular flexibility index (Phi) is 3.36. The zero-order valence-corrected chi connectivity index (χ0v) is 6.88. The molecule has 11 heavy (non-hydrogen) atoms. The summed E-state index contributed by atoms with van der Waals surface area (Å²) < 4.78 is 4.74. The van der Waals surface area contributed by atoms with E-state index in [0.717, 1.165) is 19.5 Å². The van der Waals surface area contributed by atoms with E-state index in [2.05, 4.69) is 12.2 Å². The third kappa shape index (κ3) is 2.50. The second-order valence-electron chi connectivity index (χ2n) is 3.16. The molecule has 64 valence electrons. The van der Waals surface area contributed by atoms with E-state index in [4.69, 9.17) is 4.74 Å². The topological polar surface area (TPSA) is 38.3 Å². The Morgan fingerprint density at radius 2 is 2.55 bits per heavy atom. The molecule has 2 atom stereocenters. The van der Waals surface area contributed by atoms with E-state index in [-0.39, 0.29) is 0 Å². The maximum absolute atomic E-state index is 9.92. The van der Waals surface area contributed by atoms with Gasteiger partial charge in [0.05, 0.1) is 6.61 Å². The minimum atomic E-state index is 0.536. The quantitative estimate of drug-likeness (QED) is 0.603. The van der Waals surface area contributed by atoms with Crippen LogP contribution in [0.5, 0.6) is 0 Å². The maximum Gasteiger partial charge on any atom is 0.293 e. The van der Waals surface area contributed by atoms with Crippen LogP contribution >= 0.6 is 0 Å². The monoisotopic (exact) mass is 157 g/mol. The number of hydrogen-bond acceptors (Lipinski definition) is 3. The molecule has 0 spiro atoms. The van der Waals surface area contributed by atoms with Crippen LogP contribution in [0.4, 0.5) is 0 Å². The highest BCUT2D eigenvalue weighted by Gasteiger charge is 2.20. The molecule has 0 aromatic carbocycles. The van der Waals surface area contributed by atoms with Crippen molar-refractivity contribution in [1.29, 1.82) is 0 Å². The van der Waals surface area contributed by atoms with Crippen molar-refractivity contribution >= 4 is 6.47 Å². The van der Waals surface area contributed by atoms with Gasteiger partial charge in [0.15, 0.2) is 0 Å². The summed E-state index contributed by atoms with van der Waals surface area (Å²) in [6, 6.07) is 0. The fourth-order valence-electron chi connectivity index (χ4n) is 1.48. The maximum atomic E-state index is 9.92. The van der Waals surface area contributed by atoms with Crippen molar-refractivity contribution in [2.45, 2.75) is 13.3 Å². The number of hydrogen-bond donors (Lipinski definition) is 1. The van der Waals surface area contributed by atoms with Gasteiger partial charge in [0.1, 0.15) is 0 Å². The molecule has 1 aliphatic rings. The van der Waals surface area contributed by atoms with Crippen LogP contribution in [0.1, 0.15) is 13.3 Å². The molecule has 0 aromatic heterocycles. The van der Waals surface area contributed by atoms with E-state index < -0.39 is 0 Å². The van der Waals surface area contributed by atoms with Crippen molar-refractivity contribution in [3.05, 3.63) is 0 Å². The largest absolute Gasteiger partial charge is 0.468 e. The Hall–Kier alpha value is -0.570. The Morgan fingerprint density at radius 3 is 3.18 bits per heavy atom. The normalized spacial score (nSPS) is 31.4. The first-order valence-corrected chi connectivity index (χ1v) is 4.10. The highest BCUT2D eigenvalue weighted by molar-refractivity contribution is 5.36. The third-order valence-electron chi connectivity index (χ3n) is 2.34. The van der Waals surface area contributed by atoms with Crippen LogP contribution in [0, 0.1) is 11.8 Å². The Balaban J connectivity index is 2.23. The molecule has 0 bridgehead atoms. The molecule has 1 fully saturated rings. The van der Waals surface area contributed by atoms with Gasteiger partial charge in [-0.25, -0.2) is 0 Å². The summed E-state index contributed by atoms with van der Waals surface area (Å²) in [5.74, 6) is 1.19. The van der Waals surface area contributed by atoms with E-state index in [1.807, 2.05) is 0 Å². The standard InChI is InChI=1S/C8H15NO2/c1-7-4-9-3-2-8(7)5-11-6-10/h6-9H,2-5H2,1H3. The van der Waals surface area contributed by atoms with Gasteiger partial charge in [0.25, 0.3) is 6.47 Å². The zero-order chi connectivity index (χ0) is 8.10. The smallest absolute Gasteiger partial charge is 0.293 e. The molecular weight excluding hydrogens is 142 g/mol. The van der Waals surface area contributed by atoms with E-state index in [0.29, 0.717) is 24.9 Å². The Morgan fingerprint density at radius 1 is 1.73 bits per heavy atom. The Labute approximate surface area is 67.1 Å². The van der Waals surface area contributed by atoms with Crippen LogP contribution in [-0.2, 0) is 9.53 Å². The summed E-state index contributed by atoms with van der Waals surface area (Å²) in [7, 11) is 0. The third-order valence-corrected chi connectivity index (χ3v) is 2.34. The van der Waals surface area contributed by atoms with Crippen molar-refractivity contribution in [1.82, 2.24) is 5.32 Å². The molecule has 0 amide bonds. The van der Waals surface area contributed by atoms with Crippen molar-refractivity contribution in [3.63, 3.8) is 0 Å². The fraction of sp³-hybridized carbons (Fsp3) is 0.875. The molecule has 1 rings (SSSR count). The van der Waals surface area contributed by atoms with Gasteiger partial charge in [0.2, 0.25) is 0 Å². The predicted molar refractivity (Wildman–Crippen MR) is 42.2 cm³/mol. The minimum absolute atomic E-state index is 0.536. The van der Waals surface area contributed by atoms with Gasteiger partial charge in [0, 0.05) is 0 Å². The zero-order valence-electron chi connectivity index (χ0n) is 6.88. The first-order valence-electron chi connectivity index (χ1n) is 4.10. The minimum Gasteiger partial charge on any atom is -0.468 e. The summed E-state index contributed by atoms with van der Waals surface area (Å²) in [5, 5.41) is 3.30. The fourth-order valence-corrected chi connectivity index (χ4v) is 1.48. The lowest BCUT2D eigenvalue weighted by Crippen LogP contribution is -2.36. The summed E-state index contributed by atoms with van der Waals surface area (Å²) in [5.41, 5.74) is 0. The average Bonchev–Trinajstić information content (AvgIpc) is 2.03. The van der Waals surface area contributed by atoms with Crippen molar-refractivity contribution in [3.8, 4) is 0 Å². The number of ether oxygens (including phenoxy) is 1. The van der Waals surface area contributed by atoms with Crippen LogP contribution in [0.3, 0.4) is 0 Å². The number of nitrogens with one attached hydrogen (secondary N) is 1. The van der Waals surface area contributed by atoms with E-state index >= 15 is 0 Å². The second kappa shape index (κ2) is 4.34. The number of carbonyl (C=O) groups excluding carboxylic acids is 1. The van der Waals surface area contributed by atoms with Crippen LogP contribution in [0.15, 0.2) is 0 Å². The predicted octanol–water partition coefficient (Wildman–Crippen LogP) is 0.405. The number of carbonyl (C=O) groups is 1. The van der Waals surface area contributed by atoms with E-state index in [1.54, 1.807) is 0 Å². The molecule has 1 heterocycles. The van der Waals surface area contributed by atoms with Crippen LogP contribution in [0.2, 0.25) is 0 Å². The molecule has 0 saturated carbocycles. The van der Waals surface area contributed by atoms with E-state index in [1.165, 1.54) is 0 Å².